The molecule has 0 saturated carbocycles. The van der Waals surface area contributed by atoms with Gasteiger partial charge in [0.15, 0.2) is 0 Å². The lowest BCUT2D eigenvalue weighted by Gasteiger charge is -2.13. The zero-order valence-electron chi connectivity index (χ0n) is 11.4. The van der Waals surface area contributed by atoms with E-state index in [9.17, 15) is 18.0 Å². The molecule has 0 aliphatic rings. The molecule has 0 aliphatic carbocycles. The van der Waals surface area contributed by atoms with E-state index in [1.807, 2.05) is 27.7 Å². The summed E-state index contributed by atoms with van der Waals surface area (Å²) in [5.41, 5.74) is -1.62. The van der Waals surface area contributed by atoms with Gasteiger partial charge in [0, 0.05) is 12.7 Å². The van der Waals surface area contributed by atoms with Crippen molar-refractivity contribution in [2.45, 2.75) is 47.3 Å². The van der Waals surface area contributed by atoms with Crippen molar-refractivity contribution in [3.8, 4) is 0 Å². The van der Waals surface area contributed by atoms with Crippen LogP contribution in [0.2, 0.25) is 0 Å². The van der Waals surface area contributed by atoms with Gasteiger partial charge in [-0.15, -0.1) is 0 Å². The van der Waals surface area contributed by atoms with E-state index in [2.05, 4.69) is 0 Å². The summed E-state index contributed by atoms with van der Waals surface area (Å²) in [6.07, 6.45) is -3.13. The number of halogens is 3. The van der Waals surface area contributed by atoms with Crippen LogP contribution in [0.4, 0.5) is 13.2 Å². The minimum absolute atomic E-state index is 0.126. The molecule has 1 heterocycles. The first kappa shape index (κ1) is 16.7. The van der Waals surface area contributed by atoms with Gasteiger partial charge in [0.1, 0.15) is 5.56 Å². The first-order chi connectivity index (χ1) is 8.21. The van der Waals surface area contributed by atoms with Gasteiger partial charge in [-0.25, -0.2) is 0 Å². The van der Waals surface area contributed by atoms with Gasteiger partial charge in [-0.3, -0.25) is 4.79 Å². The van der Waals surface area contributed by atoms with Crippen molar-refractivity contribution >= 4 is 0 Å². The van der Waals surface area contributed by atoms with Gasteiger partial charge in [-0.2, -0.15) is 13.2 Å². The summed E-state index contributed by atoms with van der Waals surface area (Å²) in [6.45, 7) is 9.54. The zero-order chi connectivity index (χ0) is 14.5. The number of nitrogens with zero attached hydrogens (tertiary/aromatic N) is 1. The van der Waals surface area contributed by atoms with Crippen molar-refractivity contribution in [2.24, 2.45) is 5.92 Å². The second-order valence-electron chi connectivity index (χ2n) is 4.28. The van der Waals surface area contributed by atoms with Crippen LogP contribution in [0.1, 0.15) is 38.8 Å². The maximum absolute atomic E-state index is 12.5. The van der Waals surface area contributed by atoms with Crippen molar-refractivity contribution < 1.29 is 13.2 Å². The van der Waals surface area contributed by atoms with Crippen LogP contribution in [0, 0.1) is 12.8 Å². The maximum Gasteiger partial charge on any atom is 0.421 e. The van der Waals surface area contributed by atoms with Gasteiger partial charge in [0.05, 0.1) is 0 Å². The Balaban J connectivity index is 0.00000137. The lowest BCUT2D eigenvalue weighted by molar-refractivity contribution is -0.139. The van der Waals surface area contributed by atoms with Gasteiger partial charge >= 0.3 is 6.18 Å². The van der Waals surface area contributed by atoms with Crippen LogP contribution in [-0.4, -0.2) is 4.57 Å². The molecule has 0 aliphatic heterocycles. The van der Waals surface area contributed by atoms with Gasteiger partial charge in [-0.1, -0.05) is 27.7 Å². The molecule has 5 heteroatoms. The lowest BCUT2D eigenvalue weighted by atomic mass is 10.1. The van der Waals surface area contributed by atoms with E-state index in [4.69, 9.17) is 0 Å². The van der Waals surface area contributed by atoms with Gasteiger partial charge in [-0.05, 0) is 24.5 Å². The molecule has 18 heavy (non-hydrogen) atoms. The summed E-state index contributed by atoms with van der Waals surface area (Å²) >= 11 is 0. The summed E-state index contributed by atoms with van der Waals surface area (Å²) in [6, 6.07) is 0.888. The molecule has 0 unspecified atom stereocenters. The number of hydrogen-bond acceptors (Lipinski definition) is 1. The fourth-order valence-electron chi connectivity index (χ4n) is 1.52. The molecular formula is C13H20F3NO. The van der Waals surface area contributed by atoms with Gasteiger partial charge < -0.3 is 4.57 Å². The van der Waals surface area contributed by atoms with E-state index >= 15 is 0 Å². The molecule has 0 spiro atoms. The van der Waals surface area contributed by atoms with Crippen LogP contribution in [0.5, 0.6) is 0 Å². The van der Waals surface area contributed by atoms with E-state index in [-0.39, 0.29) is 5.92 Å². The quantitative estimate of drug-likeness (QED) is 0.794. The molecule has 1 aromatic rings. The van der Waals surface area contributed by atoms with E-state index in [1.165, 1.54) is 6.20 Å². The third-order valence-corrected chi connectivity index (χ3v) is 2.09. The summed E-state index contributed by atoms with van der Waals surface area (Å²) in [5.74, 6) is 0.126. The Hall–Kier alpha value is -1.26. The molecule has 1 rings (SSSR count). The Bertz CT molecular complexity index is 433. The topological polar surface area (TPSA) is 22.0 Å². The first-order valence-electron chi connectivity index (χ1n) is 6.00. The lowest BCUT2D eigenvalue weighted by Crippen LogP contribution is -2.29. The molecule has 2 nitrogen and oxygen atoms in total. The zero-order valence-corrected chi connectivity index (χ0v) is 11.4. The largest absolute Gasteiger partial charge is 0.421 e. The van der Waals surface area contributed by atoms with Crippen LogP contribution in [0.15, 0.2) is 17.1 Å². The van der Waals surface area contributed by atoms with E-state index in [1.54, 1.807) is 6.92 Å². The number of aromatic nitrogens is 1. The summed E-state index contributed by atoms with van der Waals surface area (Å²) in [5, 5.41) is 0. The van der Waals surface area contributed by atoms with E-state index in [0.29, 0.717) is 12.1 Å². The molecule has 0 saturated heterocycles. The molecule has 0 amide bonds. The average molecular weight is 263 g/mol. The highest BCUT2D eigenvalue weighted by atomic mass is 19.4. The smallest absolute Gasteiger partial charge is 0.314 e. The summed E-state index contributed by atoms with van der Waals surface area (Å²) in [4.78, 5) is 11.5. The molecule has 0 aromatic carbocycles. The third-order valence-electron chi connectivity index (χ3n) is 2.09. The Morgan fingerprint density at radius 2 is 1.78 bits per heavy atom. The minimum Gasteiger partial charge on any atom is -0.314 e. The van der Waals surface area contributed by atoms with Gasteiger partial charge in [0.25, 0.3) is 5.56 Å². The van der Waals surface area contributed by atoms with Gasteiger partial charge in [0.2, 0.25) is 0 Å². The maximum atomic E-state index is 12.5. The minimum atomic E-state index is -4.58. The normalized spacial score (nSPS) is 11.2. The van der Waals surface area contributed by atoms with Crippen LogP contribution in [-0.2, 0) is 12.7 Å². The molecule has 0 bridgehead atoms. The average Bonchev–Trinajstić information content (AvgIpc) is 2.23. The molecule has 0 N–H and O–H groups in total. The highest BCUT2D eigenvalue weighted by molar-refractivity contribution is 5.20. The number of aryl methyl sites for hydroxylation is 1. The highest BCUT2D eigenvalue weighted by Crippen LogP contribution is 2.26. The van der Waals surface area contributed by atoms with Crippen LogP contribution in [0.25, 0.3) is 0 Å². The van der Waals surface area contributed by atoms with Crippen LogP contribution >= 0.6 is 0 Å². The Labute approximate surface area is 105 Å². The molecule has 0 radical (unpaired) electrons. The molecule has 0 atom stereocenters. The number of alkyl halides is 3. The fraction of sp³-hybridized carbons (Fsp3) is 0.615. The highest BCUT2D eigenvalue weighted by Gasteiger charge is 2.34. The summed E-state index contributed by atoms with van der Waals surface area (Å²) in [7, 11) is 0. The Kier molecular flexibility index (Phi) is 6.15. The second-order valence-corrected chi connectivity index (χ2v) is 4.28. The number of pyridine rings is 1. The third kappa shape index (κ3) is 4.55. The predicted octanol–water partition coefficient (Wildman–Crippen LogP) is 3.86. The van der Waals surface area contributed by atoms with E-state index < -0.39 is 17.3 Å². The molecule has 104 valence electrons. The fourth-order valence-corrected chi connectivity index (χ4v) is 1.52. The van der Waals surface area contributed by atoms with E-state index in [0.717, 1.165) is 10.6 Å². The van der Waals surface area contributed by atoms with Crippen molar-refractivity contribution in [1.82, 2.24) is 4.57 Å². The second kappa shape index (κ2) is 6.61. The SMILES string of the molecule is CC.Cc1cc(C(F)(F)F)c(=O)n(CC(C)C)c1. The Morgan fingerprint density at radius 1 is 1.28 bits per heavy atom. The number of rotatable bonds is 2. The van der Waals surface area contributed by atoms with Crippen molar-refractivity contribution in [1.29, 1.82) is 0 Å². The number of hydrogen-bond donors (Lipinski definition) is 0. The predicted molar refractivity (Wildman–Crippen MR) is 66.6 cm³/mol. The standard InChI is InChI=1S/C11H14F3NO.C2H6/c1-7(2)5-15-6-8(3)4-9(10(15)16)11(12,13)14;1-2/h4,6-7H,5H2,1-3H3;1-2H3. The van der Waals surface area contributed by atoms with Crippen LogP contribution in [0.3, 0.4) is 0 Å². The monoisotopic (exact) mass is 263 g/mol. The molecular weight excluding hydrogens is 243 g/mol. The molecule has 1 aromatic heterocycles. The van der Waals surface area contributed by atoms with Crippen molar-refractivity contribution in [3.05, 3.63) is 33.7 Å². The molecule has 0 fully saturated rings. The Morgan fingerprint density at radius 3 is 2.17 bits per heavy atom. The summed E-state index contributed by atoms with van der Waals surface area (Å²) < 4.78 is 38.7. The van der Waals surface area contributed by atoms with Crippen molar-refractivity contribution in [2.75, 3.05) is 0 Å². The van der Waals surface area contributed by atoms with Crippen LogP contribution < -0.4 is 5.56 Å². The van der Waals surface area contributed by atoms with Crippen molar-refractivity contribution in [3.63, 3.8) is 0 Å². The first-order valence-corrected chi connectivity index (χ1v) is 6.00.